The lowest BCUT2D eigenvalue weighted by molar-refractivity contribution is -0.0301. The highest BCUT2D eigenvalue weighted by Crippen LogP contribution is 2.40. The van der Waals surface area contributed by atoms with E-state index in [1.807, 2.05) is 0 Å². The third kappa shape index (κ3) is 4.88. The summed E-state index contributed by atoms with van der Waals surface area (Å²) < 4.78 is 8.41. The molecule has 0 amide bonds. The van der Waals surface area contributed by atoms with E-state index in [-0.39, 0.29) is 0 Å². The molecular weight excluding hydrogens is 346 g/mol. The smallest absolute Gasteiger partial charge is 0.426 e. The molecule has 1 rings (SSSR count). The van der Waals surface area contributed by atoms with Crippen molar-refractivity contribution >= 4 is 52.6 Å². The molecule has 3 nitrogen and oxygen atoms in total. The molecule has 1 aromatic rings. The molecule has 0 saturated heterocycles. The summed E-state index contributed by atoms with van der Waals surface area (Å²) >= 11 is 23.0. The first-order valence-electron chi connectivity index (χ1n) is 5.75. The maximum Gasteiger partial charge on any atom is 0.509 e. The number of hydrogen-bond donors (Lipinski definition) is 0. The van der Waals surface area contributed by atoms with E-state index in [9.17, 15) is 4.79 Å². The molecule has 7 heteroatoms. The summed E-state index contributed by atoms with van der Waals surface area (Å²) in [5.41, 5.74) is -0.535. The molecule has 0 aliphatic carbocycles. The van der Waals surface area contributed by atoms with Gasteiger partial charge >= 0.3 is 6.16 Å². The van der Waals surface area contributed by atoms with Gasteiger partial charge in [-0.3, -0.25) is 0 Å². The molecule has 112 valence electrons. The van der Waals surface area contributed by atoms with Gasteiger partial charge in [0.25, 0.3) is 0 Å². The number of hydrogen-bond acceptors (Lipinski definition) is 3. The fourth-order valence-electron chi connectivity index (χ4n) is 1.24. The van der Waals surface area contributed by atoms with E-state index in [4.69, 9.17) is 55.9 Å². The van der Waals surface area contributed by atoms with E-state index in [0.29, 0.717) is 5.02 Å². The van der Waals surface area contributed by atoms with E-state index in [0.717, 1.165) is 5.56 Å². The Bertz CT molecular complexity index is 465. The van der Waals surface area contributed by atoms with Crippen LogP contribution in [-0.4, -0.2) is 15.5 Å². The highest BCUT2D eigenvalue weighted by molar-refractivity contribution is 6.68. The molecule has 0 bridgehead atoms. The van der Waals surface area contributed by atoms with Crippen LogP contribution in [0.25, 0.3) is 0 Å². The molecule has 20 heavy (non-hydrogen) atoms. The predicted octanol–water partition coefficient (Wildman–Crippen LogP) is 5.70. The van der Waals surface area contributed by atoms with Crippen LogP contribution < -0.4 is 0 Å². The van der Waals surface area contributed by atoms with Crippen LogP contribution in [-0.2, 0) is 9.47 Å². The molecule has 0 N–H and O–H groups in total. The Morgan fingerprint density at radius 1 is 1.15 bits per heavy atom. The lowest BCUT2D eigenvalue weighted by Crippen LogP contribution is -2.41. The van der Waals surface area contributed by atoms with E-state index in [1.165, 1.54) is 13.8 Å². The molecular formula is C13H14Cl4O3. The van der Waals surface area contributed by atoms with Crippen molar-refractivity contribution in [2.75, 3.05) is 0 Å². The van der Waals surface area contributed by atoms with Crippen LogP contribution in [0, 0.1) is 0 Å². The Morgan fingerprint density at radius 3 is 2.10 bits per heavy atom. The normalized spacial score (nSPS) is 13.8. The van der Waals surface area contributed by atoms with E-state index in [2.05, 4.69) is 0 Å². The van der Waals surface area contributed by atoms with E-state index in [1.54, 1.807) is 31.2 Å². The maximum atomic E-state index is 11.7. The standard InChI is InChI=1S/C13H14Cl4O3/c1-8(9-4-6-10(14)7-5-9)19-11(18)20-12(2,3)13(15,16)17/h4-8H,1-3H3/t8-/m0/s1. The number of alkyl halides is 3. The summed E-state index contributed by atoms with van der Waals surface area (Å²) in [5.74, 6) is 0. The third-order valence-corrected chi connectivity index (χ3v) is 4.25. The van der Waals surface area contributed by atoms with Crippen LogP contribution >= 0.6 is 46.4 Å². The Balaban J connectivity index is 2.65. The quantitative estimate of drug-likeness (QED) is 0.512. The summed E-state index contributed by atoms with van der Waals surface area (Å²) in [4.78, 5) is 11.7. The maximum absolute atomic E-state index is 11.7. The zero-order valence-corrected chi connectivity index (χ0v) is 14.1. The summed E-state index contributed by atoms with van der Waals surface area (Å²) in [6, 6.07) is 6.90. The summed E-state index contributed by atoms with van der Waals surface area (Å²) in [7, 11) is 0. The van der Waals surface area contributed by atoms with Crippen molar-refractivity contribution in [2.45, 2.75) is 36.3 Å². The molecule has 0 unspecified atom stereocenters. The monoisotopic (exact) mass is 358 g/mol. The second kappa shape index (κ2) is 6.61. The van der Waals surface area contributed by atoms with Gasteiger partial charge in [0.1, 0.15) is 6.10 Å². The van der Waals surface area contributed by atoms with Crippen molar-refractivity contribution in [3.05, 3.63) is 34.9 Å². The van der Waals surface area contributed by atoms with Crippen LogP contribution in [0.2, 0.25) is 5.02 Å². The van der Waals surface area contributed by atoms with Crippen molar-refractivity contribution in [3.8, 4) is 0 Å². The van der Waals surface area contributed by atoms with Crippen molar-refractivity contribution in [1.82, 2.24) is 0 Å². The Morgan fingerprint density at radius 2 is 1.65 bits per heavy atom. The largest absolute Gasteiger partial charge is 0.509 e. The number of ether oxygens (including phenoxy) is 2. The van der Waals surface area contributed by atoms with Gasteiger partial charge in [0.2, 0.25) is 3.79 Å². The van der Waals surface area contributed by atoms with Crippen molar-refractivity contribution in [3.63, 3.8) is 0 Å². The molecule has 0 aliphatic heterocycles. The molecule has 0 spiro atoms. The zero-order chi connectivity index (χ0) is 15.6. The summed E-state index contributed by atoms with van der Waals surface area (Å²) in [5, 5.41) is 0.598. The SMILES string of the molecule is C[C@H](OC(=O)OC(C)(C)C(Cl)(Cl)Cl)c1ccc(Cl)cc1. The van der Waals surface area contributed by atoms with Crippen molar-refractivity contribution < 1.29 is 14.3 Å². The molecule has 1 atom stereocenters. The first-order chi connectivity index (χ1) is 9.03. The van der Waals surface area contributed by atoms with Gasteiger partial charge in [-0.15, -0.1) is 0 Å². The number of benzene rings is 1. The zero-order valence-electron chi connectivity index (χ0n) is 11.1. The molecule has 0 heterocycles. The highest BCUT2D eigenvalue weighted by atomic mass is 35.6. The number of carbonyl (C=O) groups is 1. The van der Waals surface area contributed by atoms with Gasteiger partial charge in [-0.1, -0.05) is 58.5 Å². The van der Waals surface area contributed by atoms with E-state index < -0.39 is 21.7 Å². The van der Waals surface area contributed by atoms with Crippen molar-refractivity contribution in [2.24, 2.45) is 0 Å². The summed E-state index contributed by atoms with van der Waals surface area (Å²) in [6.07, 6.45) is -1.42. The van der Waals surface area contributed by atoms with Crippen LogP contribution in [0.1, 0.15) is 32.4 Å². The van der Waals surface area contributed by atoms with Gasteiger partial charge in [-0.05, 0) is 38.5 Å². The van der Waals surface area contributed by atoms with Gasteiger partial charge in [0, 0.05) is 5.02 Å². The fourth-order valence-corrected chi connectivity index (χ4v) is 1.48. The number of halogens is 4. The Labute approximate surface area is 138 Å². The first-order valence-corrected chi connectivity index (χ1v) is 7.26. The minimum atomic E-state index is -1.75. The summed E-state index contributed by atoms with van der Waals surface area (Å²) in [6.45, 7) is 4.66. The number of rotatable bonds is 3. The Hall–Kier alpha value is -0.350. The molecule has 0 saturated carbocycles. The van der Waals surface area contributed by atoms with Crippen LogP contribution in [0.3, 0.4) is 0 Å². The topological polar surface area (TPSA) is 35.5 Å². The average molecular weight is 360 g/mol. The highest BCUT2D eigenvalue weighted by Gasteiger charge is 2.44. The average Bonchev–Trinajstić information content (AvgIpc) is 2.27. The molecule has 0 aromatic heterocycles. The first kappa shape index (κ1) is 17.7. The molecule has 0 fully saturated rings. The van der Waals surface area contributed by atoms with E-state index >= 15 is 0 Å². The fraction of sp³-hybridized carbons (Fsp3) is 0.462. The number of carbonyl (C=O) groups excluding carboxylic acids is 1. The van der Waals surface area contributed by atoms with Crippen LogP contribution in [0.4, 0.5) is 4.79 Å². The molecule has 0 radical (unpaired) electrons. The van der Waals surface area contributed by atoms with Gasteiger partial charge < -0.3 is 9.47 Å². The molecule has 0 aliphatic rings. The lowest BCUT2D eigenvalue weighted by Gasteiger charge is -2.31. The van der Waals surface area contributed by atoms with Gasteiger partial charge in [0.15, 0.2) is 5.60 Å². The second-order valence-electron chi connectivity index (χ2n) is 4.67. The molecule has 1 aromatic carbocycles. The van der Waals surface area contributed by atoms with Gasteiger partial charge in [-0.2, -0.15) is 0 Å². The minimum Gasteiger partial charge on any atom is -0.426 e. The van der Waals surface area contributed by atoms with Gasteiger partial charge in [0.05, 0.1) is 0 Å². The minimum absolute atomic E-state index is 0.508. The second-order valence-corrected chi connectivity index (χ2v) is 7.39. The Kier molecular flexibility index (Phi) is 5.85. The van der Waals surface area contributed by atoms with Crippen LogP contribution in [0.15, 0.2) is 24.3 Å². The third-order valence-electron chi connectivity index (χ3n) is 2.63. The van der Waals surface area contributed by atoms with Crippen LogP contribution in [0.5, 0.6) is 0 Å². The van der Waals surface area contributed by atoms with Gasteiger partial charge in [-0.25, -0.2) is 4.79 Å². The lowest BCUT2D eigenvalue weighted by atomic mass is 10.1. The predicted molar refractivity (Wildman–Crippen MR) is 81.8 cm³/mol. The van der Waals surface area contributed by atoms with Crippen molar-refractivity contribution in [1.29, 1.82) is 0 Å².